The summed E-state index contributed by atoms with van der Waals surface area (Å²) in [5, 5.41) is 2.85. The summed E-state index contributed by atoms with van der Waals surface area (Å²) in [7, 11) is 1.58. The lowest BCUT2D eigenvalue weighted by Gasteiger charge is -2.09. The van der Waals surface area contributed by atoms with Crippen molar-refractivity contribution in [2.45, 2.75) is 26.7 Å². The molecule has 0 fully saturated rings. The zero-order chi connectivity index (χ0) is 16.8. The number of aryl methyl sites for hydroxylation is 2. The molecule has 0 aliphatic heterocycles. The smallest absolute Gasteiger partial charge is 0.224 e. The van der Waals surface area contributed by atoms with E-state index in [1.807, 2.05) is 32.0 Å². The van der Waals surface area contributed by atoms with E-state index in [1.54, 1.807) is 31.4 Å². The predicted octanol–water partition coefficient (Wildman–Crippen LogP) is 3.91. The summed E-state index contributed by atoms with van der Waals surface area (Å²) < 4.78 is 5.06. The van der Waals surface area contributed by atoms with Gasteiger partial charge in [0.1, 0.15) is 5.75 Å². The number of Topliss-reactive ketones (excluding diaryl/α,β-unsaturated/α-hetero) is 1. The van der Waals surface area contributed by atoms with E-state index >= 15 is 0 Å². The molecule has 0 unspecified atom stereocenters. The first kappa shape index (κ1) is 16.7. The van der Waals surface area contributed by atoms with E-state index < -0.39 is 0 Å². The highest BCUT2D eigenvalue weighted by Gasteiger charge is 2.10. The Hall–Kier alpha value is -2.62. The summed E-state index contributed by atoms with van der Waals surface area (Å²) in [5.41, 5.74) is 3.54. The lowest BCUT2D eigenvalue weighted by atomic mass is 10.1. The summed E-state index contributed by atoms with van der Waals surface area (Å²) in [5.74, 6) is 0.497. The minimum Gasteiger partial charge on any atom is -0.497 e. The number of carbonyl (C=O) groups is 2. The summed E-state index contributed by atoms with van der Waals surface area (Å²) >= 11 is 0. The van der Waals surface area contributed by atoms with Crippen LogP contribution in [-0.4, -0.2) is 18.8 Å². The van der Waals surface area contributed by atoms with Gasteiger partial charge in [-0.05, 0) is 49.7 Å². The molecule has 0 spiro atoms. The van der Waals surface area contributed by atoms with Crippen molar-refractivity contribution in [2.75, 3.05) is 12.4 Å². The van der Waals surface area contributed by atoms with E-state index in [9.17, 15) is 9.59 Å². The molecule has 23 heavy (non-hydrogen) atoms. The first-order valence-electron chi connectivity index (χ1n) is 7.54. The molecule has 0 radical (unpaired) electrons. The molecule has 0 aliphatic rings. The van der Waals surface area contributed by atoms with Crippen molar-refractivity contribution in [1.29, 1.82) is 0 Å². The van der Waals surface area contributed by atoms with E-state index in [4.69, 9.17) is 4.74 Å². The number of ether oxygens (including phenoxy) is 1. The number of carbonyl (C=O) groups excluding carboxylic acids is 2. The highest BCUT2D eigenvalue weighted by atomic mass is 16.5. The van der Waals surface area contributed by atoms with Gasteiger partial charge < -0.3 is 10.1 Å². The summed E-state index contributed by atoms with van der Waals surface area (Å²) in [6.45, 7) is 3.96. The molecule has 0 aliphatic carbocycles. The average molecular weight is 311 g/mol. The van der Waals surface area contributed by atoms with Crippen molar-refractivity contribution in [3.63, 3.8) is 0 Å². The molecule has 0 atom stereocenters. The second-order valence-electron chi connectivity index (χ2n) is 5.52. The maximum absolute atomic E-state index is 12.1. The molecule has 120 valence electrons. The van der Waals surface area contributed by atoms with Gasteiger partial charge in [-0.2, -0.15) is 0 Å². The molecular weight excluding hydrogens is 290 g/mol. The number of amides is 1. The Morgan fingerprint density at radius 2 is 1.70 bits per heavy atom. The minimum atomic E-state index is -0.154. The van der Waals surface area contributed by atoms with Gasteiger partial charge in [-0.3, -0.25) is 9.59 Å². The van der Waals surface area contributed by atoms with Crippen molar-refractivity contribution in [2.24, 2.45) is 0 Å². The second-order valence-corrected chi connectivity index (χ2v) is 5.52. The zero-order valence-corrected chi connectivity index (χ0v) is 13.7. The first-order valence-corrected chi connectivity index (χ1v) is 7.54. The Labute approximate surface area is 136 Å². The van der Waals surface area contributed by atoms with Crippen molar-refractivity contribution >= 4 is 17.4 Å². The van der Waals surface area contributed by atoms with Crippen LogP contribution in [-0.2, 0) is 4.79 Å². The van der Waals surface area contributed by atoms with E-state index in [-0.39, 0.29) is 24.5 Å². The van der Waals surface area contributed by atoms with Crippen LogP contribution in [0, 0.1) is 13.8 Å². The number of nitrogens with one attached hydrogen (secondary N) is 1. The SMILES string of the molecule is COc1ccc(C(=O)CCC(=O)Nc2ccc(C)cc2C)cc1. The van der Waals surface area contributed by atoms with Crippen LogP contribution in [0.4, 0.5) is 5.69 Å². The van der Waals surface area contributed by atoms with Crippen molar-refractivity contribution in [1.82, 2.24) is 0 Å². The quantitative estimate of drug-likeness (QED) is 0.823. The molecule has 2 aromatic rings. The molecule has 0 aromatic heterocycles. The van der Waals surface area contributed by atoms with Crippen LogP contribution in [0.25, 0.3) is 0 Å². The van der Waals surface area contributed by atoms with Crippen LogP contribution < -0.4 is 10.1 Å². The number of ketones is 1. The van der Waals surface area contributed by atoms with Gasteiger partial charge in [-0.1, -0.05) is 17.7 Å². The number of rotatable bonds is 6. The molecule has 0 heterocycles. The fourth-order valence-electron chi connectivity index (χ4n) is 2.31. The fourth-order valence-corrected chi connectivity index (χ4v) is 2.31. The normalized spacial score (nSPS) is 10.2. The summed E-state index contributed by atoms with van der Waals surface area (Å²) in [4.78, 5) is 24.1. The van der Waals surface area contributed by atoms with Crippen LogP contribution >= 0.6 is 0 Å². The zero-order valence-electron chi connectivity index (χ0n) is 13.7. The van der Waals surface area contributed by atoms with Crippen LogP contribution in [0.3, 0.4) is 0 Å². The van der Waals surface area contributed by atoms with Crippen LogP contribution in [0.15, 0.2) is 42.5 Å². The molecule has 1 amide bonds. The molecular formula is C19H21NO3. The number of benzene rings is 2. The third-order valence-corrected chi connectivity index (χ3v) is 3.65. The Morgan fingerprint density at radius 3 is 2.30 bits per heavy atom. The molecule has 4 nitrogen and oxygen atoms in total. The Balaban J connectivity index is 1.89. The Kier molecular flexibility index (Phi) is 5.52. The summed E-state index contributed by atoms with van der Waals surface area (Å²) in [6, 6.07) is 12.7. The molecule has 0 saturated carbocycles. The monoisotopic (exact) mass is 311 g/mol. The maximum atomic E-state index is 12.1. The van der Waals surface area contributed by atoms with E-state index in [0.29, 0.717) is 11.3 Å². The largest absolute Gasteiger partial charge is 0.497 e. The van der Waals surface area contributed by atoms with Gasteiger partial charge in [-0.25, -0.2) is 0 Å². The van der Waals surface area contributed by atoms with Gasteiger partial charge in [0.15, 0.2) is 5.78 Å². The topological polar surface area (TPSA) is 55.4 Å². The van der Waals surface area contributed by atoms with E-state index in [1.165, 1.54) is 0 Å². The van der Waals surface area contributed by atoms with Gasteiger partial charge >= 0.3 is 0 Å². The maximum Gasteiger partial charge on any atom is 0.224 e. The third-order valence-electron chi connectivity index (χ3n) is 3.65. The number of anilines is 1. The van der Waals surface area contributed by atoms with Gasteiger partial charge in [0.2, 0.25) is 5.91 Å². The van der Waals surface area contributed by atoms with Crippen LogP contribution in [0.2, 0.25) is 0 Å². The lowest BCUT2D eigenvalue weighted by Crippen LogP contribution is -2.14. The van der Waals surface area contributed by atoms with Gasteiger partial charge in [0.25, 0.3) is 0 Å². The molecule has 0 saturated heterocycles. The molecule has 2 aromatic carbocycles. The van der Waals surface area contributed by atoms with Gasteiger partial charge in [0, 0.05) is 24.1 Å². The Bertz CT molecular complexity index is 705. The van der Waals surface area contributed by atoms with Crippen molar-refractivity contribution < 1.29 is 14.3 Å². The number of hydrogen-bond acceptors (Lipinski definition) is 3. The second kappa shape index (κ2) is 7.58. The highest BCUT2D eigenvalue weighted by molar-refractivity contribution is 6.00. The lowest BCUT2D eigenvalue weighted by molar-refractivity contribution is -0.116. The molecule has 1 N–H and O–H groups in total. The summed E-state index contributed by atoms with van der Waals surface area (Å²) in [6.07, 6.45) is 0.348. The fraction of sp³-hybridized carbons (Fsp3) is 0.263. The highest BCUT2D eigenvalue weighted by Crippen LogP contribution is 2.17. The average Bonchev–Trinajstić information content (AvgIpc) is 2.55. The van der Waals surface area contributed by atoms with Crippen molar-refractivity contribution in [3.8, 4) is 5.75 Å². The molecule has 4 heteroatoms. The first-order chi connectivity index (χ1) is 11.0. The van der Waals surface area contributed by atoms with Crippen LogP contribution in [0.1, 0.15) is 34.3 Å². The molecule has 2 rings (SSSR count). The van der Waals surface area contributed by atoms with Gasteiger partial charge in [-0.15, -0.1) is 0 Å². The van der Waals surface area contributed by atoms with E-state index in [2.05, 4.69) is 5.32 Å². The standard InChI is InChI=1S/C19H21NO3/c1-13-4-9-17(14(2)12-13)20-19(22)11-10-18(21)15-5-7-16(23-3)8-6-15/h4-9,12H,10-11H2,1-3H3,(H,20,22). The molecule has 0 bridgehead atoms. The van der Waals surface area contributed by atoms with E-state index in [0.717, 1.165) is 16.8 Å². The predicted molar refractivity (Wildman–Crippen MR) is 91.1 cm³/mol. The van der Waals surface area contributed by atoms with Gasteiger partial charge in [0.05, 0.1) is 7.11 Å². The van der Waals surface area contributed by atoms with Crippen LogP contribution in [0.5, 0.6) is 5.75 Å². The van der Waals surface area contributed by atoms with Crippen molar-refractivity contribution in [3.05, 3.63) is 59.2 Å². The minimum absolute atomic E-state index is 0.0524. The Morgan fingerprint density at radius 1 is 1.00 bits per heavy atom. The number of hydrogen-bond donors (Lipinski definition) is 1. The third kappa shape index (κ3) is 4.68. The number of methoxy groups -OCH3 is 1.